The number of nitrogens with zero attached hydrogens (tertiary/aromatic N) is 6. The van der Waals surface area contributed by atoms with Gasteiger partial charge in [-0.05, 0) is 12.1 Å². The Balaban J connectivity index is 1.87. The Morgan fingerprint density at radius 1 is 1.06 bits per heavy atom. The third kappa shape index (κ3) is 3.90. The van der Waals surface area contributed by atoms with Gasteiger partial charge in [0, 0.05) is 25.1 Å². The first-order valence-electron chi connectivity index (χ1n) is 8.83. The molecule has 4 aromatic rings. The predicted molar refractivity (Wildman–Crippen MR) is 104 cm³/mol. The van der Waals surface area contributed by atoms with Crippen molar-refractivity contribution in [2.45, 2.75) is 24.2 Å². The van der Waals surface area contributed by atoms with E-state index in [2.05, 4.69) is 20.3 Å². The monoisotopic (exact) mass is 494 g/mol. The van der Waals surface area contributed by atoms with Crippen LogP contribution in [-0.4, -0.2) is 39.5 Å². The Kier molecular flexibility index (Phi) is 5.35. The van der Waals surface area contributed by atoms with Crippen molar-refractivity contribution in [3.05, 3.63) is 35.8 Å². The Bertz CT molecular complexity index is 1340. The highest BCUT2D eigenvalue weighted by Gasteiger charge is 2.35. The second-order valence-corrected chi connectivity index (χ2v) is 9.22. The molecule has 0 aliphatic heterocycles. The fourth-order valence-corrected chi connectivity index (χ4v) is 5.23. The van der Waals surface area contributed by atoms with Gasteiger partial charge in [-0.15, -0.1) is 21.5 Å². The molecule has 0 N–H and O–H groups in total. The van der Waals surface area contributed by atoms with Gasteiger partial charge in [-0.2, -0.15) is 31.4 Å². The van der Waals surface area contributed by atoms with Gasteiger partial charge in [0.05, 0.1) is 20.6 Å². The van der Waals surface area contributed by atoms with Crippen LogP contribution in [0.1, 0.15) is 18.3 Å². The summed E-state index contributed by atoms with van der Waals surface area (Å²) in [4.78, 5) is 4.81. The molecule has 4 heterocycles. The maximum Gasteiger partial charge on any atom is 0.435 e. The summed E-state index contributed by atoms with van der Waals surface area (Å²) < 4.78 is 92.7. The third-order valence-electron chi connectivity index (χ3n) is 4.41. The van der Waals surface area contributed by atoms with Gasteiger partial charge >= 0.3 is 12.4 Å². The van der Waals surface area contributed by atoms with Crippen LogP contribution in [0.15, 0.2) is 29.3 Å². The first-order chi connectivity index (χ1) is 14.9. The Morgan fingerprint density at radius 3 is 2.34 bits per heavy atom. The van der Waals surface area contributed by atoms with Gasteiger partial charge in [0.25, 0.3) is 0 Å². The second-order valence-electron chi connectivity index (χ2n) is 6.49. The quantitative estimate of drug-likeness (QED) is 0.392. The van der Waals surface area contributed by atoms with Crippen LogP contribution in [0.4, 0.5) is 26.3 Å². The highest BCUT2D eigenvalue weighted by molar-refractivity contribution is 7.85. The van der Waals surface area contributed by atoms with Crippen LogP contribution in [0.25, 0.3) is 26.9 Å². The van der Waals surface area contributed by atoms with Crippen molar-refractivity contribution in [2.24, 2.45) is 7.05 Å². The number of hydrogen-bond acceptors (Lipinski definition) is 6. The number of aryl methyl sites for hydroxylation is 1. The fourth-order valence-electron chi connectivity index (χ4n) is 2.88. The zero-order chi connectivity index (χ0) is 23.4. The lowest BCUT2D eigenvalue weighted by Gasteiger charge is -2.04. The van der Waals surface area contributed by atoms with Crippen LogP contribution < -0.4 is 0 Å². The number of fused-ring (bicyclic) bond motifs is 1. The zero-order valence-electron chi connectivity index (χ0n) is 16.2. The summed E-state index contributed by atoms with van der Waals surface area (Å²) in [5, 5.41) is 10.5. The summed E-state index contributed by atoms with van der Waals surface area (Å²) in [5.74, 6) is 0.364. The van der Waals surface area contributed by atoms with Crippen LogP contribution in [0.5, 0.6) is 0 Å². The number of thiophene rings is 1. The fraction of sp³-hybridized carbons (Fsp3) is 0.294. The molecule has 0 aromatic carbocycles. The summed E-state index contributed by atoms with van der Waals surface area (Å²) in [6.45, 7) is 1.66. The van der Waals surface area contributed by atoms with Gasteiger partial charge in [-0.25, -0.2) is 9.67 Å². The Hall–Kier alpha value is -2.81. The van der Waals surface area contributed by atoms with Gasteiger partial charge in [-0.3, -0.25) is 4.21 Å². The molecule has 32 heavy (non-hydrogen) atoms. The minimum atomic E-state index is -4.71. The highest BCUT2D eigenvalue weighted by atomic mass is 32.2. The molecular weight excluding hydrogens is 482 g/mol. The number of halogens is 6. The summed E-state index contributed by atoms with van der Waals surface area (Å²) >= 11 is 0.959. The molecule has 0 amide bonds. The van der Waals surface area contributed by atoms with E-state index in [0.29, 0.717) is 4.88 Å². The van der Waals surface area contributed by atoms with E-state index in [-0.39, 0.29) is 32.6 Å². The molecular formula is C17H12F6N6OS2. The van der Waals surface area contributed by atoms with Crippen molar-refractivity contribution in [1.82, 2.24) is 29.5 Å². The van der Waals surface area contributed by atoms with Crippen molar-refractivity contribution in [3.8, 4) is 15.7 Å². The maximum atomic E-state index is 13.0. The number of alkyl halides is 6. The minimum absolute atomic E-state index is 0.0645. The normalized spacial score (nSPS) is 13.8. The molecule has 0 spiro atoms. The largest absolute Gasteiger partial charge is 0.435 e. The lowest BCUT2D eigenvalue weighted by atomic mass is 10.3. The van der Waals surface area contributed by atoms with Crippen molar-refractivity contribution >= 4 is 33.3 Å². The molecule has 4 rings (SSSR count). The summed E-state index contributed by atoms with van der Waals surface area (Å²) in [6.07, 6.45) is -8.22. The number of imidazole rings is 1. The van der Waals surface area contributed by atoms with Crippen molar-refractivity contribution in [2.75, 3.05) is 5.75 Å². The molecule has 0 aliphatic carbocycles. The Morgan fingerprint density at radius 2 is 1.75 bits per heavy atom. The number of hydrogen-bond donors (Lipinski definition) is 0. The Labute approximate surface area is 182 Å². The topological polar surface area (TPSA) is 78.5 Å². The molecule has 4 aromatic heterocycles. The van der Waals surface area contributed by atoms with E-state index >= 15 is 0 Å². The van der Waals surface area contributed by atoms with E-state index in [0.717, 1.165) is 34.3 Å². The average molecular weight is 494 g/mol. The summed E-state index contributed by atoms with van der Waals surface area (Å²) in [5.41, 5.74) is -2.32. The second kappa shape index (κ2) is 7.65. The first-order valence-corrected chi connectivity index (χ1v) is 11.0. The minimum Gasteiger partial charge on any atom is -0.310 e. The lowest BCUT2D eigenvalue weighted by Crippen LogP contribution is -2.09. The highest BCUT2D eigenvalue weighted by Crippen LogP contribution is 2.38. The van der Waals surface area contributed by atoms with Crippen LogP contribution in [0.3, 0.4) is 0 Å². The van der Waals surface area contributed by atoms with Crippen molar-refractivity contribution < 1.29 is 30.6 Å². The number of rotatable bonds is 4. The van der Waals surface area contributed by atoms with Gasteiger partial charge in [0.1, 0.15) is 10.5 Å². The molecule has 170 valence electrons. The smallest absolute Gasteiger partial charge is 0.310 e. The van der Waals surface area contributed by atoms with E-state index in [1.54, 1.807) is 6.92 Å². The molecule has 0 fully saturated rings. The summed E-state index contributed by atoms with van der Waals surface area (Å²) in [7, 11) is -0.0360. The molecule has 1 atom stereocenters. The van der Waals surface area contributed by atoms with Gasteiger partial charge in [0.2, 0.25) is 0 Å². The molecule has 7 nitrogen and oxygen atoms in total. The molecule has 0 saturated carbocycles. The molecule has 0 radical (unpaired) electrons. The average Bonchev–Trinajstić information content (AvgIpc) is 3.43. The van der Waals surface area contributed by atoms with E-state index in [9.17, 15) is 30.6 Å². The van der Waals surface area contributed by atoms with Gasteiger partial charge in [0.15, 0.2) is 22.9 Å². The first kappa shape index (κ1) is 22.4. The maximum absolute atomic E-state index is 13.0. The predicted octanol–water partition coefficient (Wildman–Crippen LogP) is 4.44. The van der Waals surface area contributed by atoms with Crippen molar-refractivity contribution in [1.29, 1.82) is 0 Å². The van der Waals surface area contributed by atoms with E-state index in [1.807, 2.05) is 0 Å². The lowest BCUT2D eigenvalue weighted by molar-refractivity contribution is -0.142. The van der Waals surface area contributed by atoms with Crippen LogP contribution in [-0.2, 0) is 30.2 Å². The van der Waals surface area contributed by atoms with Gasteiger partial charge < -0.3 is 4.57 Å². The van der Waals surface area contributed by atoms with Crippen LogP contribution in [0.2, 0.25) is 0 Å². The number of aromatic nitrogens is 6. The molecule has 0 bridgehead atoms. The van der Waals surface area contributed by atoms with Crippen molar-refractivity contribution in [3.63, 3.8) is 0 Å². The SMILES string of the molecule is CCS(=O)c1cc(-n2ccc(C(F)(F)F)n2)sc1-c1nc2cc(C(F)(F)F)nnc2n1C. The summed E-state index contributed by atoms with van der Waals surface area (Å²) in [6, 6.07) is 2.98. The van der Waals surface area contributed by atoms with E-state index in [4.69, 9.17) is 0 Å². The molecule has 1 unspecified atom stereocenters. The van der Waals surface area contributed by atoms with Crippen LogP contribution in [0, 0.1) is 0 Å². The van der Waals surface area contributed by atoms with Crippen LogP contribution >= 0.6 is 11.3 Å². The van der Waals surface area contributed by atoms with E-state index in [1.165, 1.54) is 17.7 Å². The standard InChI is InChI=1S/C17H12F6N6OS2/c1-3-32(30)9-7-12(29-5-4-10(27-29)16(18,19)20)31-13(9)15-24-8-6-11(17(21,22)23)25-26-14(8)28(15)2/h4-7H,3H2,1-2H3. The zero-order valence-corrected chi connectivity index (χ0v) is 17.8. The van der Waals surface area contributed by atoms with E-state index < -0.39 is 34.5 Å². The third-order valence-corrected chi connectivity index (χ3v) is 6.99. The molecule has 15 heteroatoms. The van der Waals surface area contributed by atoms with Gasteiger partial charge in [-0.1, -0.05) is 6.92 Å². The molecule has 0 aliphatic rings. The molecule has 0 saturated heterocycles.